The molecule has 178 valence electrons. The standard InChI is InChI=1S/C27H28N6OS/c1-17(34)29-26-30-22-12-11-21-23(18-6-4-15-28-16-18)31-33(24(21)25(22)35-26)20-9-7-19(8-10-20)27(32(2)3)13-5-14-27/h4,6-10,15-16H,5,11-14H2,1-3H3,(H,29,30,34). The van der Waals surface area contributed by atoms with E-state index in [9.17, 15) is 4.79 Å². The summed E-state index contributed by atoms with van der Waals surface area (Å²) in [6, 6.07) is 12.9. The largest absolute Gasteiger partial charge is 0.302 e. The minimum absolute atomic E-state index is 0.109. The quantitative estimate of drug-likeness (QED) is 0.429. The van der Waals surface area contributed by atoms with E-state index in [0.29, 0.717) is 5.13 Å². The summed E-state index contributed by atoms with van der Waals surface area (Å²) < 4.78 is 2.05. The monoisotopic (exact) mass is 484 g/mol. The van der Waals surface area contributed by atoms with Crippen LogP contribution in [0.15, 0.2) is 48.8 Å². The Balaban J connectivity index is 1.49. The summed E-state index contributed by atoms with van der Waals surface area (Å²) in [7, 11) is 4.35. The van der Waals surface area contributed by atoms with Crippen LogP contribution in [0.1, 0.15) is 43.0 Å². The molecular formula is C27H28N6OS. The van der Waals surface area contributed by atoms with E-state index in [0.717, 1.165) is 46.1 Å². The maximum Gasteiger partial charge on any atom is 0.223 e. The number of carbonyl (C=O) groups excluding carboxylic acids is 1. The zero-order valence-electron chi connectivity index (χ0n) is 20.2. The Labute approximate surface area is 208 Å². The van der Waals surface area contributed by atoms with Crippen molar-refractivity contribution in [2.45, 2.75) is 44.6 Å². The van der Waals surface area contributed by atoms with Gasteiger partial charge in [0, 0.05) is 36.0 Å². The second-order valence-corrected chi connectivity index (χ2v) is 10.6. The molecule has 8 heteroatoms. The van der Waals surface area contributed by atoms with Crippen LogP contribution in [-0.2, 0) is 23.2 Å². The molecule has 4 aromatic rings. The lowest BCUT2D eigenvalue weighted by Crippen LogP contribution is -2.47. The second kappa shape index (κ2) is 8.39. The molecule has 0 bridgehead atoms. The molecule has 3 heterocycles. The van der Waals surface area contributed by atoms with Crippen molar-refractivity contribution in [2.75, 3.05) is 19.4 Å². The second-order valence-electron chi connectivity index (χ2n) is 9.63. The molecule has 0 radical (unpaired) electrons. The molecule has 35 heavy (non-hydrogen) atoms. The van der Waals surface area contributed by atoms with E-state index < -0.39 is 0 Å². The van der Waals surface area contributed by atoms with Gasteiger partial charge in [0.05, 0.1) is 27.6 Å². The first kappa shape index (κ1) is 22.1. The number of aromatic nitrogens is 4. The number of nitrogens with zero attached hydrogens (tertiary/aromatic N) is 5. The number of aryl methyl sites for hydroxylation is 1. The summed E-state index contributed by atoms with van der Waals surface area (Å²) in [6.07, 6.45) is 8.98. The van der Waals surface area contributed by atoms with Crippen LogP contribution in [-0.4, -0.2) is 44.7 Å². The summed E-state index contributed by atoms with van der Waals surface area (Å²) in [5.74, 6) is -0.109. The van der Waals surface area contributed by atoms with E-state index in [1.807, 2.05) is 12.3 Å². The number of carbonyl (C=O) groups is 1. The lowest BCUT2D eigenvalue weighted by atomic mass is 9.71. The van der Waals surface area contributed by atoms with Crippen molar-refractivity contribution in [1.82, 2.24) is 24.6 Å². The fraction of sp³-hybridized carbons (Fsp3) is 0.333. The van der Waals surface area contributed by atoms with Gasteiger partial charge in [-0.05, 0) is 76.0 Å². The maximum absolute atomic E-state index is 11.7. The number of pyridine rings is 1. The number of fused-ring (bicyclic) bond motifs is 3. The van der Waals surface area contributed by atoms with E-state index in [-0.39, 0.29) is 11.4 Å². The number of nitrogens with one attached hydrogen (secondary N) is 1. The first-order valence-electron chi connectivity index (χ1n) is 12.0. The van der Waals surface area contributed by atoms with Crippen LogP contribution in [0.3, 0.4) is 0 Å². The fourth-order valence-electron chi connectivity index (χ4n) is 5.41. The highest BCUT2D eigenvalue weighted by molar-refractivity contribution is 7.19. The molecule has 0 unspecified atom stereocenters. The average molecular weight is 485 g/mol. The Kier molecular flexibility index (Phi) is 5.30. The smallest absolute Gasteiger partial charge is 0.223 e. The van der Waals surface area contributed by atoms with Gasteiger partial charge in [-0.1, -0.05) is 23.5 Å². The molecule has 0 atom stereocenters. The molecule has 1 aromatic carbocycles. The Hall–Kier alpha value is -3.36. The van der Waals surface area contributed by atoms with Gasteiger partial charge in [-0.15, -0.1) is 0 Å². The number of hydrogen-bond acceptors (Lipinski definition) is 6. The zero-order valence-corrected chi connectivity index (χ0v) is 21.0. The average Bonchev–Trinajstić information content (AvgIpc) is 3.39. The van der Waals surface area contributed by atoms with Crippen LogP contribution in [0.4, 0.5) is 5.13 Å². The zero-order chi connectivity index (χ0) is 24.2. The SMILES string of the molecule is CC(=O)Nc1nc2c(s1)-c1c(c(-c3cccnc3)nn1-c1ccc(C3(N(C)C)CCC3)cc1)CC2. The van der Waals surface area contributed by atoms with E-state index >= 15 is 0 Å². The van der Waals surface area contributed by atoms with Crippen molar-refractivity contribution in [2.24, 2.45) is 0 Å². The van der Waals surface area contributed by atoms with Crippen molar-refractivity contribution in [3.8, 4) is 27.5 Å². The fourth-order valence-corrected chi connectivity index (χ4v) is 6.53. The molecule has 6 rings (SSSR count). The minimum Gasteiger partial charge on any atom is -0.302 e. The number of rotatable bonds is 5. The van der Waals surface area contributed by atoms with E-state index in [2.05, 4.69) is 64.3 Å². The van der Waals surface area contributed by atoms with Crippen molar-refractivity contribution < 1.29 is 4.79 Å². The highest BCUT2D eigenvalue weighted by atomic mass is 32.1. The maximum atomic E-state index is 11.7. The highest BCUT2D eigenvalue weighted by Gasteiger charge is 2.40. The molecule has 0 spiro atoms. The molecule has 1 amide bonds. The number of hydrogen-bond donors (Lipinski definition) is 1. The Morgan fingerprint density at radius 2 is 1.94 bits per heavy atom. The molecule has 3 aromatic heterocycles. The highest BCUT2D eigenvalue weighted by Crippen LogP contribution is 2.46. The van der Waals surface area contributed by atoms with E-state index in [4.69, 9.17) is 10.1 Å². The lowest BCUT2D eigenvalue weighted by Gasteiger charge is -2.48. The number of thiazole rings is 1. The van der Waals surface area contributed by atoms with Gasteiger partial charge in [0.15, 0.2) is 5.13 Å². The third kappa shape index (κ3) is 3.59. The van der Waals surface area contributed by atoms with Gasteiger partial charge in [-0.3, -0.25) is 14.7 Å². The van der Waals surface area contributed by atoms with Gasteiger partial charge in [-0.25, -0.2) is 9.67 Å². The molecule has 7 nitrogen and oxygen atoms in total. The van der Waals surface area contributed by atoms with Gasteiger partial charge in [0.25, 0.3) is 0 Å². The summed E-state index contributed by atoms with van der Waals surface area (Å²) in [6.45, 7) is 1.51. The van der Waals surface area contributed by atoms with Crippen LogP contribution in [0.2, 0.25) is 0 Å². The van der Waals surface area contributed by atoms with Gasteiger partial charge in [0.1, 0.15) is 0 Å². The van der Waals surface area contributed by atoms with Gasteiger partial charge in [-0.2, -0.15) is 5.10 Å². The Morgan fingerprint density at radius 1 is 1.14 bits per heavy atom. The third-order valence-electron chi connectivity index (χ3n) is 7.41. The van der Waals surface area contributed by atoms with Crippen molar-refractivity contribution in [3.63, 3.8) is 0 Å². The molecule has 1 fully saturated rings. The Morgan fingerprint density at radius 3 is 2.57 bits per heavy atom. The van der Waals surface area contributed by atoms with Crippen molar-refractivity contribution >= 4 is 22.4 Å². The van der Waals surface area contributed by atoms with Crippen molar-refractivity contribution in [1.29, 1.82) is 0 Å². The number of benzene rings is 1. The predicted molar refractivity (Wildman–Crippen MR) is 139 cm³/mol. The molecule has 1 saturated carbocycles. The molecule has 0 saturated heterocycles. The van der Waals surface area contributed by atoms with Crippen LogP contribution in [0, 0.1) is 0 Å². The summed E-state index contributed by atoms with van der Waals surface area (Å²) in [4.78, 5) is 24.1. The first-order chi connectivity index (χ1) is 17.0. The van der Waals surface area contributed by atoms with Crippen LogP contribution < -0.4 is 5.32 Å². The molecule has 2 aliphatic carbocycles. The summed E-state index contributed by atoms with van der Waals surface area (Å²) in [5.41, 5.74) is 7.78. The molecule has 2 aliphatic rings. The van der Waals surface area contributed by atoms with Crippen molar-refractivity contribution in [3.05, 3.63) is 65.6 Å². The molecule has 0 aliphatic heterocycles. The molecular weight excluding hydrogens is 456 g/mol. The summed E-state index contributed by atoms with van der Waals surface area (Å²) >= 11 is 1.52. The van der Waals surface area contributed by atoms with Crippen LogP contribution in [0.25, 0.3) is 27.5 Å². The van der Waals surface area contributed by atoms with Gasteiger partial charge >= 0.3 is 0 Å². The third-order valence-corrected chi connectivity index (χ3v) is 8.43. The van der Waals surface area contributed by atoms with Crippen LogP contribution in [0.5, 0.6) is 0 Å². The topological polar surface area (TPSA) is 75.9 Å². The van der Waals surface area contributed by atoms with E-state index in [1.54, 1.807) is 6.20 Å². The van der Waals surface area contributed by atoms with Gasteiger partial charge < -0.3 is 5.32 Å². The summed E-state index contributed by atoms with van der Waals surface area (Å²) in [5, 5.41) is 8.62. The predicted octanol–water partition coefficient (Wildman–Crippen LogP) is 5.06. The lowest BCUT2D eigenvalue weighted by molar-refractivity contribution is -0.114. The first-order valence-corrected chi connectivity index (χ1v) is 12.9. The molecule has 1 N–H and O–H groups in total. The number of amides is 1. The van der Waals surface area contributed by atoms with E-state index in [1.165, 1.54) is 48.6 Å². The van der Waals surface area contributed by atoms with Crippen LogP contribution >= 0.6 is 11.3 Å². The minimum atomic E-state index is -0.109. The Bertz CT molecular complexity index is 1400. The van der Waals surface area contributed by atoms with Gasteiger partial charge in [0.2, 0.25) is 5.91 Å². The normalized spacial score (nSPS) is 15.9. The number of anilines is 1.